The van der Waals surface area contributed by atoms with Crippen molar-refractivity contribution in [3.63, 3.8) is 0 Å². The van der Waals surface area contributed by atoms with Crippen LogP contribution in [0.25, 0.3) is 11.1 Å². The topological polar surface area (TPSA) is 0 Å². The van der Waals surface area contributed by atoms with E-state index in [1.54, 1.807) is 0 Å². The minimum Gasteiger partial charge on any atom is -0.0963 e. The Hall–Kier alpha value is -1.50. The summed E-state index contributed by atoms with van der Waals surface area (Å²) >= 11 is 0. The summed E-state index contributed by atoms with van der Waals surface area (Å²) in [7, 11) is 5.82. The number of aryl methyl sites for hydroxylation is 1. The molecule has 0 amide bonds. The summed E-state index contributed by atoms with van der Waals surface area (Å²) in [5, 5.41) is 0. The lowest BCUT2D eigenvalue weighted by Crippen LogP contribution is -2.01. The summed E-state index contributed by atoms with van der Waals surface area (Å²) in [6.45, 7) is 2.20. The van der Waals surface area contributed by atoms with Crippen molar-refractivity contribution in [2.45, 2.75) is 19.8 Å². The highest BCUT2D eigenvalue weighted by atomic mass is 14.2. The minimum atomic E-state index is 0.863. The van der Waals surface area contributed by atoms with Gasteiger partial charge in [-0.3, -0.25) is 0 Å². The highest BCUT2D eigenvalue weighted by molar-refractivity contribution is 6.32. The molecule has 0 unspecified atom stereocenters. The Morgan fingerprint density at radius 2 is 1.69 bits per heavy atom. The number of fused-ring (bicyclic) bond motifs is 3. The van der Waals surface area contributed by atoms with Crippen LogP contribution in [-0.2, 0) is 12.8 Å². The maximum Gasteiger partial charge on any atom is 0.113 e. The van der Waals surface area contributed by atoms with Crippen LogP contribution in [0.2, 0.25) is 0 Å². The van der Waals surface area contributed by atoms with Crippen molar-refractivity contribution in [1.82, 2.24) is 0 Å². The van der Waals surface area contributed by atoms with Crippen LogP contribution < -0.4 is 5.46 Å². The lowest BCUT2D eigenvalue weighted by Gasteiger charge is -2.03. The monoisotopic (exact) mass is 204 g/mol. The quantitative estimate of drug-likeness (QED) is 0.534. The lowest BCUT2D eigenvalue weighted by atomic mass is 9.92. The van der Waals surface area contributed by atoms with E-state index >= 15 is 0 Å². The number of rotatable bonds is 1. The van der Waals surface area contributed by atoms with Gasteiger partial charge in [-0.15, -0.1) is 0 Å². The van der Waals surface area contributed by atoms with Crippen molar-refractivity contribution < 1.29 is 0 Å². The molecule has 0 aromatic heterocycles. The van der Waals surface area contributed by atoms with E-state index in [2.05, 4.69) is 37.3 Å². The van der Waals surface area contributed by atoms with Gasteiger partial charge in [-0.05, 0) is 40.7 Å². The fourth-order valence-corrected chi connectivity index (χ4v) is 2.50. The number of hydrogen-bond acceptors (Lipinski definition) is 0. The van der Waals surface area contributed by atoms with E-state index in [1.165, 1.54) is 27.8 Å². The molecule has 0 saturated carbocycles. The predicted molar refractivity (Wildman–Crippen MR) is 69.5 cm³/mol. The number of hydrogen-bond donors (Lipinski definition) is 0. The van der Waals surface area contributed by atoms with E-state index in [0.717, 1.165) is 18.3 Å². The standard InChI is InChI=1S/C15H13B/c1-2-10-3-5-14-11(7-10)8-12-9-13(16)4-6-15(12)14/h3-7,9H,2,8H2,1H3. The summed E-state index contributed by atoms with van der Waals surface area (Å²) in [4.78, 5) is 0. The summed E-state index contributed by atoms with van der Waals surface area (Å²) in [6, 6.07) is 13.0. The smallest absolute Gasteiger partial charge is 0.0963 e. The largest absolute Gasteiger partial charge is 0.113 e. The maximum atomic E-state index is 5.82. The highest BCUT2D eigenvalue weighted by Gasteiger charge is 2.17. The highest BCUT2D eigenvalue weighted by Crippen LogP contribution is 2.36. The van der Waals surface area contributed by atoms with Crippen LogP contribution in [0.4, 0.5) is 0 Å². The van der Waals surface area contributed by atoms with Gasteiger partial charge in [0, 0.05) is 0 Å². The molecule has 1 heteroatoms. The Morgan fingerprint density at radius 3 is 2.44 bits per heavy atom. The van der Waals surface area contributed by atoms with E-state index < -0.39 is 0 Å². The zero-order valence-corrected chi connectivity index (χ0v) is 9.46. The Labute approximate surface area is 97.7 Å². The van der Waals surface area contributed by atoms with Crippen LogP contribution >= 0.6 is 0 Å². The second-order valence-corrected chi connectivity index (χ2v) is 4.44. The van der Waals surface area contributed by atoms with Crippen LogP contribution in [0, 0.1) is 0 Å². The molecule has 0 fully saturated rings. The van der Waals surface area contributed by atoms with Crippen molar-refractivity contribution in [3.05, 3.63) is 53.1 Å². The predicted octanol–water partition coefficient (Wildman–Crippen LogP) is 2.61. The van der Waals surface area contributed by atoms with E-state index in [1.807, 2.05) is 6.07 Å². The van der Waals surface area contributed by atoms with Crippen LogP contribution in [0.3, 0.4) is 0 Å². The third-order valence-electron chi connectivity index (χ3n) is 3.38. The first-order valence-electron chi connectivity index (χ1n) is 5.78. The molecule has 0 saturated heterocycles. The molecule has 0 atom stereocenters. The van der Waals surface area contributed by atoms with Crippen molar-refractivity contribution in [2.24, 2.45) is 0 Å². The normalized spacial score (nSPS) is 12.3. The molecule has 2 radical (unpaired) electrons. The molecule has 16 heavy (non-hydrogen) atoms. The summed E-state index contributed by atoms with van der Waals surface area (Å²) < 4.78 is 0. The molecular weight excluding hydrogens is 191 g/mol. The molecule has 76 valence electrons. The van der Waals surface area contributed by atoms with E-state index in [-0.39, 0.29) is 0 Å². The fraction of sp³-hybridized carbons (Fsp3) is 0.200. The van der Waals surface area contributed by atoms with Crippen LogP contribution in [-0.4, -0.2) is 7.85 Å². The molecule has 0 bridgehead atoms. The average Bonchev–Trinajstić information content (AvgIpc) is 2.64. The van der Waals surface area contributed by atoms with Gasteiger partial charge in [0.15, 0.2) is 0 Å². The van der Waals surface area contributed by atoms with E-state index in [4.69, 9.17) is 7.85 Å². The maximum absolute atomic E-state index is 5.82. The molecule has 0 aliphatic heterocycles. The summed E-state index contributed by atoms with van der Waals surface area (Å²) in [5.74, 6) is 0. The second kappa shape index (κ2) is 3.52. The van der Waals surface area contributed by atoms with Crippen molar-refractivity contribution >= 4 is 13.3 Å². The van der Waals surface area contributed by atoms with Gasteiger partial charge in [0.05, 0.1) is 0 Å². The Kier molecular flexibility index (Phi) is 2.13. The van der Waals surface area contributed by atoms with Crippen molar-refractivity contribution in [1.29, 1.82) is 0 Å². The van der Waals surface area contributed by atoms with Crippen molar-refractivity contribution in [3.8, 4) is 11.1 Å². The third-order valence-corrected chi connectivity index (χ3v) is 3.38. The zero-order valence-electron chi connectivity index (χ0n) is 9.46. The molecule has 0 N–H and O–H groups in total. The van der Waals surface area contributed by atoms with Crippen LogP contribution in [0.5, 0.6) is 0 Å². The zero-order chi connectivity index (χ0) is 11.1. The average molecular weight is 204 g/mol. The van der Waals surface area contributed by atoms with Gasteiger partial charge in [0.1, 0.15) is 7.85 Å². The Morgan fingerprint density at radius 1 is 1.00 bits per heavy atom. The molecular formula is C15H13B. The van der Waals surface area contributed by atoms with Crippen LogP contribution in [0.1, 0.15) is 23.6 Å². The fourth-order valence-electron chi connectivity index (χ4n) is 2.50. The van der Waals surface area contributed by atoms with Crippen molar-refractivity contribution in [2.75, 3.05) is 0 Å². The molecule has 3 rings (SSSR count). The van der Waals surface area contributed by atoms with Gasteiger partial charge in [-0.25, -0.2) is 0 Å². The Balaban J connectivity index is 2.16. The molecule has 2 aromatic rings. The molecule has 0 nitrogen and oxygen atoms in total. The number of benzene rings is 2. The van der Waals surface area contributed by atoms with Gasteiger partial charge in [-0.1, -0.05) is 48.8 Å². The molecule has 0 spiro atoms. The SMILES string of the molecule is [B]c1ccc2c(c1)Cc1cc(CC)ccc1-2. The van der Waals surface area contributed by atoms with Gasteiger partial charge in [0.2, 0.25) is 0 Å². The summed E-state index contributed by atoms with van der Waals surface area (Å²) in [6.07, 6.45) is 2.13. The molecule has 0 heterocycles. The molecule has 2 aromatic carbocycles. The van der Waals surface area contributed by atoms with E-state index in [9.17, 15) is 0 Å². The van der Waals surface area contributed by atoms with E-state index in [0.29, 0.717) is 0 Å². The molecule has 1 aliphatic rings. The minimum absolute atomic E-state index is 0.863. The second-order valence-electron chi connectivity index (χ2n) is 4.44. The van der Waals surface area contributed by atoms with Gasteiger partial charge in [-0.2, -0.15) is 0 Å². The summed E-state index contributed by atoms with van der Waals surface area (Å²) in [5.41, 5.74) is 7.82. The molecule has 1 aliphatic carbocycles. The van der Waals surface area contributed by atoms with Gasteiger partial charge in [0.25, 0.3) is 0 Å². The van der Waals surface area contributed by atoms with Gasteiger partial charge >= 0.3 is 0 Å². The Bertz CT molecular complexity index is 555. The first kappa shape index (κ1) is 9.71. The first-order valence-corrected chi connectivity index (χ1v) is 5.78. The van der Waals surface area contributed by atoms with Gasteiger partial charge < -0.3 is 0 Å². The first-order chi connectivity index (χ1) is 7.78. The van der Waals surface area contributed by atoms with Crippen LogP contribution in [0.15, 0.2) is 36.4 Å². The third kappa shape index (κ3) is 1.39. The lowest BCUT2D eigenvalue weighted by molar-refractivity contribution is 1.12.